The highest BCUT2D eigenvalue weighted by molar-refractivity contribution is 6.34. The normalized spacial score (nSPS) is 13.1. The standard InChI is InChI=1S/C13H19Cl2NO/c1-9(2)13(8-17-3)16-7-10-4-11(14)6-12(15)5-10/h4-6,9,13,16H,7-8H2,1-3H3. The van der Waals surface area contributed by atoms with Gasteiger partial charge in [0.1, 0.15) is 0 Å². The first kappa shape index (κ1) is 14.8. The van der Waals surface area contributed by atoms with Crippen molar-refractivity contribution >= 4 is 23.2 Å². The number of hydrogen-bond acceptors (Lipinski definition) is 2. The number of halogens is 2. The van der Waals surface area contributed by atoms with Crippen LogP contribution in [0.3, 0.4) is 0 Å². The van der Waals surface area contributed by atoms with E-state index in [0.717, 1.165) is 12.1 Å². The van der Waals surface area contributed by atoms with Gasteiger partial charge in [-0.3, -0.25) is 0 Å². The number of methoxy groups -OCH3 is 1. The first-order valence-corrected chi connectivity index (χ1v) is 6.45. The lowest BCUT2D eigenvalue weighted by Crippen LogP contribution is -2.37. The SMILES string of the molecule is COCC(NCc1cc(Cl)cc(Cl)c1)C(C)C. The molecule has 17 heavy (non-hydrogen) atoms. The Kier molecular flexibility index (Phi) is 6.28. The Morgan fingerprint density at radius 1 is 1.18 bits per heavy atom. The van der Waals surface area contributed by atoms with Crippen molar-refractivity contribution in [3.63, 3.8) is 0 Å². The van der Waals surface area contributed by atoms with Gasteiger partial charge in [0, 0.05) is 29.7 Å². The molecular formula is C13H19Cl2NO. The number of ether oxygens (including phenoxy) is 1. The minimum Gasteiger partial charge on any atom is -0.383 e. The van der Waals surface area contributed by atoms with Gasteiger partial charge in [-0.15, -0.1) is 0 Å². The number of hydrogen-bond donors (Lipinski definition) is 1. The van der Waals surface area contributed by atoms with Crippen molar-refractivity contribution in [3.8, 4) is 0 Å². The van der Waals surface area contributed by atoms with E-state index >= 15 is 0 Å². The van der Waals surface area contributed by atoms with E-state index in [1.807, 2.05) is 12.1 Å². The second-order valence-corrected chi connectivity index (χ2v) is 5.34. The maximum Gasteiger partial charge on any atom is 0.0618 e. The third-order valence-corrected chi connectivity index (χ3v) is 3.08. The lowest BCUT2D eigenvalue weighted by Gasteiger charge is -2.21. The predicted octanol–water partition coefficient (Wildman–Crippen LogP) is 3.75. The molecule has 1 atom stereocenters. The molecule has 0 saturated carbocycles. The van der Waals surface area contributed by atoms with Gasteiger partial charge in [-0.05, 0) is 29.7 Å². The Hall–Kier alpha value is -0.280. The van der Waals surface area contributed by atoms with E-state index in [1.54, 1.807) is 13.2 Å². The lowest BCUT2D eigenvalue weighted by atomic mass is 10.0. The largest absolute Gasteiger partial charge is 0.383 e. The van der Waals surface area contributed by atoms with Gasteiger partial charge in [0.2, 0.25) is 0 Å². The predicted molar refractivity (Wildman–Crippen MR) is 73.8 cm³/mol. The van der Waals surface area contributed by atoms with Crippen LogP contribution in [0.5, 0.6) is 0 Å². The van der Waals surface area contributed by atoms with Crippen molar-refractivity contribution in [2.45, 2.75) is 26.4 Å². The number of benzene rings is 1. The van der Waals surface area contributed by atoms with Crippen LogP contribution in [0.4, 0.5) is 0 Å². The molecule has 0 radical (unpaired) electrons. The fourth-order valence-electron chi connectivity index (χ4n) is 1.63. The third kappa shape index (κ3) is 5.26. The zero-order valence-corrected chi connectivity index (χ0v) is 12.0. The molecule has 0 aromatic heterocycles. The van der Waals surface area contributed by atoms with Gasteiger partial charge < -0.3 is 10.1 Å². The van der Waals surface area contributed by atoms with Gasteiger partial charge in [0.05, 0.1) is 6.61 Å². The second kappa shape index (κ2) is 7.22. The van der Waals surface area contributed by atoms with Gasteiger partial charge in [0.15, 0.2) is 0 Å². The Labute approximate surface area is 113 Å². The van der Waals surface area contributed by atoms with E-state index in [2.05, 4.69) is 19.2 Å². The van der Waals surface area contributed by atoms with Crippen LogP contribution >= 0.6 is 23.2 Å². The van der Waals surface area contributed by atoms with E-state index in [1.165, 1.54) is 0 Å². The van der Waals surface area contributed by atoms with Crippen LogP contribution in [0.25, 0.3) is 0 Å². The summed E-state index contributed by atoms with van der Waals surface area (Å²) >= 11 is 11.9. The summed E-state index contributed by atoms with van der Waals surface area (Å²) in [5.41, 5.74) is 1.09. The summed E-state index contributed by atoms with van der Waals surface area (Å²) in [5.74, 6) is 0.518. The van der Waals surface area contributed by atoms with Gasteiger partial charge in [-0.25, -0.2) is 0 Å². The summed E-state index contributed by atoms with van der Waals surface area (Å²) in [6.07, 6.45) is 0. The van der Waals surface area contributed by atoms with Gasteiger partial charge in [-0.2, -0.15) is 0 Å². The molecular weight excluding hydrogens is 257 g/mol. The monoisotopic (exact) mass is 275 g/mol. The average molecular weight is 276 g/mol. The molecule has 0 saturated heterocycles. The molecule has 1 N–H and O–H groups in total. The van der Waals surface area contributed by atoms with Crippen LogP contribution < -0.4 is 5.32 Å². The molecule has 1 aromatic carbocycles. The number of rotatable bonds is 6. The molecule has 0 fully saturated rings. The van der Waals surface area contributed by atoms with Crippen LogP contribution in [0.15, 0.2) is 18.2 Å². The highest BCUT2D eigenvalue weighted by atomic mass is 35.5. The Balaban J connectivity index is 2.58. The van der Waals surface area contributed by atoms with Gasteiger partial charge in [0.25, 0.3) is 0 Å². The smallest absolute Gasteiger partial charge is 0.0618 e. The molecule has 96 valence electrons. The highest BCUT2D eigenvalue weighted by Gasteiger charge is 2.12. The summed E-state index contributed by atoms with van der Waals surface area (Å²) in [6, 6.07) is 5.91. The van der Waals surface area contributed by atoms with Crippen LogP contribution in [0.2, 0.25) is 10.0 Å². The topological polar surface area (TPSA) is 21.3 Å². The molecule has 2 nitrogen and oxygen atoms in total. The van der Waals surface area contributed by atoms with E-state index < -0.39 is 0 Å². The van der Waals surface area contributed by atoms with E-state index in [9.17, 15) is 0 Å². The van der Waals surface area contributed by atoms with Crippen molar-refractivity contribution < 1.29 is 4.74 Å². The van der Waals surface area contributed by atoms with E-state index in [0.29, 0.717) is 28.6 Å². The van der Waals surface area contributed by atoms with Crippen molar-refractivity contribution in [1.29, 1.82) is 0 Å². The first-order chi connectivity index (χ1) is 8.02. The van der Waals surface area contributed by atoms with Crippen molar-refractivity contribution in [3.05, 3.63) is 33.8 Å². The van der Waals surface area contributed by atoms with Gasteiger partial charge >= 0.3 is 0 Å². The van der Waals surface area contributed by atoms with Crippen molar-refractivity contribution in [1.82, 2.24) is 5.32 Å². The summed E-state index contributed by atoms with van der Waals surface area (Å²) in [7, 11) is 1.72. The molecule has 0 bridgehead atoms. The van der Waals surface area contributed by atoms with Crippen molar-refractivity contribution in [2.24, 2.45) is 5.92 Å². The van der Waals surface area contributed by atoms with E-state index in [-0.39, 0.29) is 0 Å². The number of nitrogens with one attached hydrogen (secondary N) is 1. The van der Waals surface area contributed by atoms with Crippen LogP contribution in [-0.4, -0.2) is 19.8 Å². The molecule has 0 aliphatic rings. The molecule has 0 aliphatic heterocycles. The Bertz CT molecular complexity index is 335. The summed E-state index contributed by atoms with van der Waals surface area (Å²) < 4.78 is 5.19. The molecule has 0 amide bonds. The molecule has 4 heteroatoms. The van der Waals surface area contributed by atoms with Gasteiger partial charge in [-0.1, -0.05) is 37.0 Å². The third-order valence-electron chi connectivity index (χ3n) is 2.64. The van der Waals surface area contributed by atoms with Crippen LogP contribution in [0.1, 0.15) is 19.4 Å². The molecule has 1 rings (SSSR count). The summed E-state index contributed by atoms with van der Waals surface area (Å²) in [5, 5.41) is 4.79. The highest BCUT2D eigenvalue weighted by Crippen LogP contribution is 2.19. The quantitative estimate of drug-likeness (QED) is 0.854. The van der Waals surface area contributed by atoms with Crippen molar-refractivity contribution in [2.75, 3.05) is 13.7 Å². The molecule has 0 aliphatic carbocycles. The molecule has 0 spiro atoms. The Morgan fingerprint density at radius 2 is 1.76 bits per heavy atom. The second-order valence-electron chi connectivity index (χ2n) is 4.46. The lowest BCUT2D eigenvalue weighted by molar-refractivity contribution is 0.146. The Morgan fingerprint density at radius 3 is 2.24 bits per heavy atom. The fourth-order valence-corrected chi connectivity index (χ4v) is 2.20. The zero-order valence-electron chi connectivity index (χ0n) is 10.5. The average Bonchev–Trinajstić information content (AvgIpc) is 2.22. The zero-order chi connectivity index (χ0) is 12.8. The molecule has 1 aromatic rings. The van der Waals surface area contributed by atoms with Crippen LogP contribution in [-0.2, 0) is 11.3 Å². The van der Waals surface area contributed by atoms with Crippen LogP contribution in [0, 0.1) is 5.92 Å². The maximum atomic E-state index is 5.95. The van der Waals surface area contributed by atoms with E-state index in [4.69, 9.17) is 27.9 Å². The summed E-state index contributed by atoms with van der Waals surface area (Å²) in [6.45, 7) is 5.78. The summed E-state index contributed by atoms with van der Waals surface area (Å²) in [4.78, 5) is 0. The fraction of sp³-hybridized carbons (Fsp3) is 0.538. The minimum absolute atomic E-state index is 0.331. The first-order valence-electron chi connectivity index (χ1n) is 5.70. The molecule has 0 heterocycles. The minimum atomic E-state index is 0.331. The molecule has 1 unspecified atom stereocenters. The maximum absolute atomic E-state index is 5.95.